The van der Waals surface area contributed by atoms with Crippen molar-refractivity contribution in [2.24, 2.45) is 0 Å². The Morgan fingerprint density at radius 2 is 1.80 bits per heavy atom. The summed E-state index contributed by atoms with van der Waals surface area (Å²) in [7, 11) is 3.17. The van der Waals surface area contributed by atoms with Crippen LogP contribution in [0.3, 0.4) is 0 Å². The first-order valence-electron chi connectivity index (χ1n) is 10.1. The highest BCUT2D eigenvalue weighted by atomic mass is 16.5. The molecule has 3 aromatic rings. The lowest BCUT2D eigenvalue weighted by Gasteiger charge is -2.34. The molecule has 0 radical (unpaired) electrons. The predicted octanol–water partition coefficient (Wildman–Crippen LogP) is 3.75. The molecule has 1 aliphatic rings. The molecule has 0 atom stereocenters. The van der Waals surface area contributed by atoms with Gasteiger partial charge in [0.25, 0.3) is 5.91 Å². The lowest BCUT2D eigenvalue weighted by Crippen LogP contribution is -2.39. The van der Waals surface area contributed by atoms with Crippen molar-refractivity contribution >= 4 is 5.91 Å². The van der Waals surface area contributed by atoms with Gasteiger partial charge >= 0.3 is 0 Å². The number of hydrogen-bond donors (Lipinski definition) is 0. The standard InChI is InChI=1S/C23H26N4O3/c1-16-15-25-22(17-6-10-24-11-7-17)27(16)18-8-12-26(13-9-18)23(28)20-5-4-19(29-2)14-21(20)30-3/h4-7,10-11,14-15,18H,8-9,12-13H2,1-3H3. The maximum absolute atomic E-state index is 13.1. The van der Waals surface area contributed by atoms with Gasteiger partial charge in [-0.1, -0.05) is 0 Å². The fourth-order valence-corrected chi connectivity index (χ4v) is 4.09. The van der Waals surface area contributed by atoms with Crippen LogP contribution in [0.2, 0.25) is 0 Å². The van der Waals surface area contributed by atoms with Gasteiger partial charge in [-0.25, -0.2) is 4.98 Å². The molecule has 1 fully saturated rings. The number of hydrogen-bond acceptors (Lipinski definition) is 5. The molecule has 2 aromatic heterocycles. The van der Waals surface area contributed by atoms with E-state index in [4.69, 9.17) is 9.47 Å². The lowest BCUT2D eigenvalue weighted by molar-refractivity contribution is 0.0691. The fraction of sp³-hybridized carbons (Fsp3) is 0.348. The van der Waals surface area contributed by atoms with Crippen LogP contribution in [0.5, 0.6) is 11.5 Å². The number of carbonyl (C=O) groups excluding carboxylic acids is 1. The van der Waals surface area contributed by atoms with Crippen molar-refractivity contribution in [3.05, 3.63) is 60.2 Å². The van der Waals surface area contributed by atoms with Gasteiger partial charge in [-0.2, -0.15) is 0 Å². The van der Waals surface area contributed by atoms with Gasteiger partial charge in [0.05, 0.1) is 19.8 Å². The number of amides is 1. The van der Waals surface area contributed by atoms with Gasteiger partial charge in [0, 0.05) is 55.0 Å². The first-order chi connectivity index (χ1) is 14.6. The van der Waals surface area contributed by atoms with Crippen LogP contribution >= 0.6 is 0 Å². The van der Waals surface area contributed by atoms with Crippen LogP contribution in [0.15, 0.2) is 48.9 Å². The monoisotopic (exact) mass is 406 g/mol. The van der Waals surface area contributed by atoms with Crippen molar-refractivity contribution in [3.63, 3.8) is 0 Å². The quantitative estimate of drug-likeness (QED) is 0.645. The summed E-state index contributed by atoms with van der Waals surface area (Å²) in [5, 5.41) is 0. The van der Waals surface area contributed by atoms with Crippen LogP contribution in [0, 0.1) is 6.92 Å². The van der Waals surface area contributed by atoms with Gasteiger partial charge in [-0.05, 0) is 44.0 Å². The molecule has 30 heavy (non-hydrogen) atoms. The summed E-state index contributed by atoms with van der Waals surface area (Å²) >= 11 is 0. The smallest absolute Gasteiger partial charge is 0.257 e. The molecule has 0 saturated carbocycles. The van der Waals surface area contributed by atoms with Gasteiger partial charge in [-0.3, -0.25) is 9.78 Å². The number of piperidine rings is 1. The summed E-state index contributed by atoms with van der Waals surface area (Å²) < 4.78 is 12.9. The third-order valence-corrected chi connectivity index (χ3v) is 5.68. The zero-order valence-electron chi connectivity index (χ0n) is 17.5. The average molecular weight is 406 g/mol. The van der Waals surface area contributed by atoms with E-state index in [1.54, 1.807) is 44.8 Å². The topological polar surface area (TPSA) is 69.5 Å². The van der Waals surface area contributed by atoms with Crippen LogP contribution in [0.25, 0.3) is 11.4 Å². The summed E-state index contributed by atoms with van der Waals surface area (Å²) in [6, 6.07) is 9.57. The second kappa shape index (κ2) is 8.57. The maximum Gasteiger partial charge on any atom is 0.257 e. The molecule has 3 heterocycles. The minimum absolute atomic E-state index is 0.00957. The molecule has 0 N–H and O–H groups in total. The highest BCUT2D eigenvalue weighted by Gasteiger charge is 2.28. The van der Waals surface area contributed by atoms with Crippen LogP contribution in [-0.4, -0.2) is 52.7 Å². The van der Waals surface area contributed by atoms with Crippen molar-refractivity contribution in [2.75, 3.05) is 27.3 Å². The van der Waals surface area contributed by atoms with E-state index in [0.29, 0.717) is 36.2 Å². The molecule has 0 aliphatic carbocycles. The average Bonchev–Trinajstić information content (AvgIpc) is 3.20. The maximum atomic E-state index is 13.1. The summed E-state index contributed by atoms with van der Waals surface area (Å²) in [6.07, 6.45) is 7.23. The molecule has 7 heteroatoms. The molecular weight excluding hydrogens is 380 g/mol. The van der Waals surface area contributed by atoms with Gasteiger partial charge in [-0.15, -0.1) is 0 Å². The molecule has 156 valence electrons. The Bertz CT molecular complexity index is 1020. The third-order valence-electron chi connectivity index (χ3n) is 5.68. The number of ether oxygens (including phenoxy) is 2. The van der Waals surface area contributed by atoms with Gasteiger partial charge < -0.3 is 18.9 Å². The minimum Gasteiger partial charge on any atom is -0.497 e. The third kappa shape index (κ3) is 3.75. The molecule has 1 aliphatic heterocycles. The first kappa shape index (κ1) is 19.9. The van der Waals surface area contributed by atoms with Gasteiger partial charge in [0.1, 0.15) is 17.3 Å². The lowest BCUT2D eigenvalue weighted by atomic mass is 10.0. The molecular formula is C23H26N4O3. The van der Waals surface area contributed by atoms with E-state index in [1.807, 2.05) is 23.2 Å². The van der Waals surface area contributed by atoms with E-state index >= 15 is 0 Å². The number of aryl methyl sites for hydroxylation is 1. The number of benzene rings is 1. The van der Waals surface area contributed by atoms with E-state index in [0.717, 1.165) is 29.9 Å². The Morgan fingerprint density at radius 3 is 2.47 bits per heavy atom. The molecule has 1 amide bonds. The SMILES string of the molecule is COc1ccc(C(=O)N2CCC(n3c(C)cnc3-c3ccncc3)CC2)c(OC)c1. The van der Waals surface area contributed by atoms with Crippen LogP contribution in [0.4, 0.5) is 0 Å². The molecule has 0 bridgehead atoms. The van der Waals surface area contributed by atoms with Crippen LogP contribution < -0.4 is 9.47 Å². The number of methoxy groups -OCH3 is 2. The van der Waals surface area contributed by atoms with Gasteiger partial charge in [0.2, 0.25) is 0 Å². The Kier molecular flexibility index (Phi) is 5.70. The number of imidazole rings is 1. The molecule has 7 nitrogen and oxygen atoms in total. The summed E-state index contributed by atoms with van der Waals surface area (Å²) in [5.41, 5.74) is 2.75. The van der Waals surface area contributed by atoms with Crippen LogP contribution in [-0.2, 0) is 0 Å². The van der Waals surface area contributed by atoms with E-state index in [-0.39, 0.29) is 5.91 Å². The fourth-order valence-electron chi connectivity index (χ4n) is 4.09. The highest BCUT2D eigenvalue weighted by molar-refractivity contribution is 5.97. The molecule has 1 aromatic carbocycles. The summed E-state index contributed by atoms with van der Waals surface area (Å²) in [6.45, 7) is 3.45. The largest absolute Gasteiger partial charge is 0.497 e. The summed E-state index contributed by atoms with van der Waals surface area (Å²) in [5.74, 6) is 2.15. The van der Waals surface area contributed by atoms with E-state index in [1.165, 1.54) is 0 Å². The van der Waals surface area contributed by atoms with Gasteiger partial charge in [0.15, 0.2) is 0 Å². The first-order valence-corrected chi connectivity index (χ1v) is 10.1. The number of pyridine rings is 1. The van der Waals surface area contributed by atoms with Crippen molar-refractivity contribution in [1.82, 2.24) is 19.4 Å². The number of rotatable bonds is 5. The normalized spacial score (nSPS) is 14.6. The number of aromatic nitrogens is 3. The molecule has 0 spiro atoms. The number of nitrogens with zero attached hydrogens (tertiary/aromatic N) is 4. The Balaban J connectivity index is 1.50. The predicted molar refractivity (Wildman–Crippen MR) is 114 cm³/mol. The second-order valence-electron chi connectivity index (χ2n) is 7.42. The van der Waals surface area contributed by atoms with E-state index < -0.39 is 0 Å². The highest BCUT2D eigenvalue weighted by Crippen LogP contribution is 2.32. The van der Waals surface area contributed by atoms with Crippen LogP contribution in [0.1, 0.15) is 34.9 Å². The van der Waals surface area contributed by atoms with Crippen molar-refractivity contribution in [1.29, 1.82) is 0 Å². The van der Waals surface area contributed by atoms with E-state index in [9.17, 15) is 4.79 Å². The zero-order valence-corrected chi connectivity index (χ0v) is 17.5. The second-order valence-corrected chi connectivity index (χ2v) is 7.42. The number of likely N-dealkylation sites (tertiary alicyclic amines) is 1. The Labute approximate surface area is 176 Å². The minimum atomic E-state index is -0.00957. The number of carbonyl (C=O) groups is 1. The molecule has 4 rings (SSSR count). The Morgan fingerprint density at radius 1 is 1.07 bits per heavy atom. The van der Waals surface area contributed by atoms with Crippen molar-refractivity contribution in [3.8, 4) is 22.9 Å². The van der Waals surface area contributed by atoms with Crippen molar-refractivity contribution < 1.29 is 14.3 Å². The van der Waals surface area contributed by atoms with Crippen molar-refractivity contribution in [2.45, 2.75) is 25.8 Å². The summed E-state index contributed by atoms with van der Waals surface area (Å²) in [4.78, 5) is 23.7. The Hall–Kier alpha value is -3.35. The van der Waals surface area contributed by atoms with E-state index in [2.05, 4.69) is 21.5 Å². The molecule has 0 unspecified atom stereocenters. The zero-order chi connectivity index (χ0) is 21.1. The molecule has 1 saturated heterocycles.